The number of benzene rings is 3. The van der Waals surface area contributed by atoms with Crippen molar-refractivity contribution in [2.24, 2.45) is 0 Å². The van der Waals surface area contributed by atoms with Crippen LogP contribution in [-0.4, -0.2) is 18.3 Å². The van der Waals surface area contributed by atoms with Crippen LogP contribution in [0.2, 0.25) is 0 Å². The number of hydrogen-bond donors (Lipinski definition) is 1. The van der Waals surface area contributed by atoms with Gasteiger partial charge in [-0.2, -0.15) is 0 Å². The number of carbonyl (C=O) groups excluding carboxylic acids is 1. The third-order valence-electron chi connectivity index (χ3n) is 4.47. The van der Waals surface area contributed by atoms with Crippen molar-refractivity contribution in [3.63, 3.8) is 0 Å². The Bertz CT molecular complexity index is 1170. The number of halogens is 1. The number of anilines is 1. The van der Waals surface area contributed by atoms with Crippen LogP contribution in [0.25, 0.3) is 21.9 Å². The van der Waals surface area contributed by atoms with Crippen LogP contribution in [-0.2, 0) is 4.79 Å². The average Bonchev–Trinajstić information content (AvgIpc) is 3.06. The molecule has 0 bridgehead atoms. The number of ether oxygens (including phenoxy) is 1. The highest BCUT2D eigenvalue weighted by Crippen LogP contribution is 2.37. The van der Waals surface area contributed by atoms with Crippen LogP contribution in [0.4, 0.5) is 10.1 Å². The van der Waals surface area contributed by atoms with Crippen molar-refractivity contribution in [2.45, 2.75) is 17.1 Å². The highest BCUT2D eigenvalue weighted by Gasteiger charge is 2.19. The SMILES string of the molecule is COc1cc2c(cc1NC(=O)[C@H](C)Sc1ccccc1F)oc1ccccc12. The number of fused-ring (bicyclic) bond motifs is 3. The molecule has 0 unspecified atom stereocenters. The zero-order valence-electron chi connectivity index (χ0n) is 15.4. The van der Waals surface area contributed by atoms with E-state index in [0.29, 0.717) is 21.9 Å². The van der Waals surface area contributed by atoms with Crippen LogP contribution in [0.1, 0.15) is 6.92 Å². The summed E-state index contributed by atoms with van der Waals surface area (Å²) in [4.78, 5) is 13.1. The van der Waals surface area contributed by atoms with E-state index in [9.17, 15) is 9.18 Å². The molecule has 1 heterocycles. The number of rotatable bonds is 5. The first kappa shape index (κ1) is 18.4. The van der Waals surface area contributed by atoms with Gasteiger partial charge in [-0.1, -0.05) is 30.3 Å². The summed E-state index contributed by atoms with van der Waals surface area (Å²) in [5.41, 5.74) is 1.94. The Balaban J connectivity index is 1.62. The minimum Gasteiger partial charge on any atom is -0.495 e. The van der Waals surface area contributed by atoms with E-state index >= 15 is 0 Å². The van der Waals surface area contributed by atoms with Gasteiger partial charge in [-0.3, -0.25) is 4.79 Å². The minimum absolute atomic E-state index is 0.248. The summed E-state index contributed by atoms with van der Waals surface area (Å²) < 4.78 is 25.2. The number of nitrogens with one attached hydrogen (secondary N) is 1. The topological polar surface area (TPSA) is 51.5 Å². The second kappa shape index (κ2) is 7.56. The monoisotopic (exact) mass is 395 g/mol. The summed E-state index contributed by atoms with van der Waals surface area (Å²) in [5, 5.41) is 4.28. The van der Waals surface area contributed by atoms with Gasteiger partial charge in [0, 0.05) is 21.7 Å². The van der Waals surface area contributed by atoms with Crippen molar-refractivity contribution in [1.82, 2.24) is 0 Å². The molecule has 1 aromatic heterocycles. The van der Waals surface area contributed by atoms with Gasteiger partial charge in [0.2, 0.25) is 5.91 Å². The van der Waals surface area contributed by atoms with Crippen molar-refractivity contribution in [3.8, 4) is 5.75 Å². The van der Waals surface area contributed by atoms with E-state index in [1.807, 2.05) is 30.3 Å². The molecule has 0 saturated heterocycles. The van der Waals surface area contributed by atoms with Crippen LogP contribution in [0.5, 0.6) is 5.75 Å². The van der Waals surface area contributed by atoms with Gasteiger partial charge < -0.3 is 14.5 Å². The molecule has 4 aromatic rings. The van der Waals surface area contributed by atoms with E-state index in [1.54, 1.807) is 38.3 Å². The molecule has 0 aliphatic heterocycles. The molecule has 0 aliphatic carbocycles. The third kappa shape index (κ3) is 3.43. The quantitative estimate of drug-likeness (QED) is 0.431. The van der Waals surface area contributed by atoms with Crippen molar-refractivity contribution in [3.05, 3.63) is 66.5 Å². The Kier molecular flexibility index (Phi) is 4.96. The number of amides is 1. The van der Waals surface area contributed by atoms with Crippen LogP contribution in [0.3, 0.4) is 0 Å². The van der Waals surface area contributed by atoms with E-state index in [2.05, 4.69) is 5.32 Å². The van der Waals surface area contributed by atoms with Gasteiger partial charge in [-0.25, -0.2) is 4.39 Å². The first-order valence-corrected chi connectivity index (χ1v) is 9.66. The molecule has 0 aliphatic rings. The smallest absolute Gasteiger partial charge is 0.237 e. The summed E-state index contributed by atoms with van der Waals surface area (Å²) >= 11 is 1.17. The standard InChI is InChI=1S/C22H18FNO3S/c1-13(28-21-10-6-4-8-16(21)23)22(25)24-17-12-19-15(11-20(17)26-2)14-7-3-5-9-18(14)27-19/h3-13H,1-2H3,(H,24,25)/t13-/m0/s1. The summed E-state index contributed by atoms with van der Waals surface area (Å²) in [6.45, 7) is 1.73. The number of para-hydroxylation sites is 1. The molecule has 0 fully saturated rings. The van der Waals surface area contributed by atoms with Crippen LogP contribution >= 0.6 is 11.8 Å². The summed E-state index contributed by atoms with van der Waals surface area (Å²) in [5.74, 6) is -0.0501. The molecular formula is C22H18FNO3S. The lowest BCUT2D eigenvalue weighted by Gasteiger charge is -2.14. The largest absolute Gasteiger partial charge is 0.495 e. The van der Waals surface area contributed by atoms with E-state index in [0.717, 1.165) is 16.4 Å². The molecule has 0 spiro atoms. The van der Waals surface area contributed by atoms with Gasteiger partial charge in [0.1, 0.15) is 22.7 Å². The van der Waals surface area contributed by atoms with Crippen molar-refractivity contribution in [2.75, 3.05) is 12.4 Å². The highest BCUT2D eigenvalue weighted by molar-refractivity contribution is 8.00. The van der Waals surface area contributed by atoms with Crippen molar-refractivity contribution >= 4 is 45.3 Å². The molecule has 1 atom stereocenters. The Morgan fingerprint density at radius 1 is 1.07 bits per heavy atom. The number of methoxy groups -OCH3 is 1. The predicted molar refractivity (Wildman–Crippen MR) is 111 cm³/mol. The molecule has 0 radical (unpaired) electrons. The fraction of sp³-hybridized carbons (Fsp3) is 0.136. The highest BCUT2D eigenvalue weighted by atomic mass is 32.2. The van der Waals surface area contributed by atoms with Gasteiger partial charge in [-0.15, -0.1) is 11.8 Å². The van der Waals surface area contributed by atoms with Crippen LogP contribution < -0.4 is 10.1 Å². The normalized spacial score (nSPS) is 12.2. The van der Waals surface area contributed by atoms with Crippen LogP contribution in [0, 0.1) is 5.82 Å². The van der Waals surface area contributed by atoms with E-state index < -0.39 is 5.25 Å². The molecule has 4 nitrogen and oxygen atoms in total. The van der Waals surface area contributed by atoms with E-state index in [1.165, 1.54) is 17.8 Å². The lowest BCUT2D eigenvalue weighted by molar-refractivity contribution is -0.115. The number of thioether (sulfide) groups is 1. The molecule has 0 saturated carbocycles. The zero-order chi connectivity index (χ0) is 19.7. The van der Waals surface area contributed by atoms with Gasteiger partial charge >= 0.3 is 0 Å². The zero-order valence-corrected chi connectivity index (χ0v) is 16.2. The Morgan fingerprint density at radius 2 is 1.82 bits per heavy atom. The van der Waals surface area contributed by atoms with Gasteiger partial charge in [-0.05, 0) is 31.2 Å². The lowest BCUT2D eigenvalue weighted by Crippen LogP contribution is -2.22. The van der Waals surface area contributed by atoms with Crippen molar-refractivity contribution in [1.29, 1.82) is 0 Å². The van der Waals surface area contributed by atoms with Crippen molar-refractivity contribution < 1.29 is 18.3 Å². The fourth-order valence-electron chi connectivity index (χ4n) is 3.04. The Morgan fingerprint density at radius 3 is 2.61 bits per heavy atom. The van der Waals surface area contributed by atoms with Gasteiger partial charge in [0.15, 0.2) is 0 Å². The Hall–Kier alpha value is -2.99. The Labute approximate surface area is 165 Å². The second-order valence-electron chi connectivity index (χ2n) is 6.33. The minimum atomic E-state index is -0.493. The number of hydrogen-bond acceptors (Lipinski definition) is 4. The summed E-state index contributed by atoms with van der Waals surface area (Å²) in [6, 6.07) is 17.7. The molecular weight excluding hydrogens is 377 g/mol. The molecule has 4 rings (SSSR count). The maximum absolute atomic E-state index is 13.8. The molecule has 3 aromatic carbocycles. The van der Waals surface area contributed by atoms with E-state index in [-0.39, 0.29) is 11.7 Å². The van der Waals surface area contributed by atoms with Crippen LogP contribution in [0.15, 0.2) is 70.0 Å². The predicted octanol–water partition coefficient (Wildman–Crippen LogP) is 5.85. The molecule has 142 valence electrons. The third-order valence-corrected chi connectivity index (χ3v) is 5.62. The average molecular weight is 395 g/mol. The molecule has 1 amide bonds. The number of furan rings is 1. The van der Waals surface area contributed by atoms with E-state index in [4.69, 9.17) is 9.15 Å². The lowest BCUT2D eigenvalue weighted by atomic mass is 10.1. The number of carbonyl (C=O) groups is 1. The maximum atomic E-state index is 13.8. The van der Waals surface area contributed by atoms with Gasteiger partial charge in [0.25, 0.3) is 0 Å². The first-order valence-electron chi connectivity index (χ1n) is 8.78. The summed E-state index contributed by atoms with van der Waals surface area (Å²) in [6.07, 6.45) is 0. The van der Waals surface area contributed by atoms with Gasteiger partial charge in [0.05, 0.1) is 18.0 Å². The maximum Gasteiger partial charge on any atom is 0.237 e. The molecule has 28 heavy (non-hydrogen) atoms. The summed E-state index contributed by atoms with van der Waals surface area (Å²) in [7, 11) is 1.55. The molecule has 1 N–H and O–H groups in total. The fourth-order valence-corrected chi connectivity index (χ4v) is 3.92. The second-order valence-corrected chi connectivity index (χ2v) is 7.71. The molecule has 6 heteroatoms. The first-order chi connectivity index (χ1) is 13.6.